The van der Waals surface area contributed by atoms with E-state index in [4.69, 9.17) is 9.47 Å². The van der Waals surface area contributed by atoms with Gasteiger partial charge in [0.2, 0.25) is 0 Å². The van der Waals surface area contributed by atoms with Crippen LogP contribution in [0.3, 0.4) is 0 Å². The van der Waals surface area contributed by atoms with Crippen molar-refractivity contribution >= 4 is 0 Å². The van der Waals surface area contributed by atoms with Gasteiger partial charge in [-0.1, -0.05) is 25.3 Å². The zero-order valence-electron chi connectivity index (χ0n) is 14.0. The van der Waals surface area contributed by atoms with Crippen LogP contribution >= 0.6 is 0 Å². The van der Waals surface area contributed by atoms with Gasteiger partial charge in [-0.3, -0.25) is 9.80 Å². The van der Waals surface area contributed by atoms with E-state index in [-0.39, 0.29) is 5.60 Å². The van der Waals surface area contributed by atoms with E-state index >= 15 is 0 Å². The molecule has 4 heteroatoms. The number of morpholine rings is 1. The highest BCUT2D eigenvalue weighted by Gasteiger charge is 2.40. The average molecular weight is 308 g/mol. The molecule has 0 aromatic rings. The van der Waals surface area contributed by atoms with Gasteiger partial charge in [0.25, 0.3) is 0 Å². The quantitative estimate of drug-likeness (QED) is 0.743. The first-order valence-electron chi connectivity index (χ1n) is 9.07. The Morgan fingerprint density at radius 1 is 1.05 bits per heavy atom. The van der Waals surface area contributed by atoms with Crippen LogP contribution in [0.1, 0.15) is 32.1 Å². The van der Waals surface area contributed by atoms with Crippen LogP contribution in [0.4, 0.5) is 0 Å². The minimum Gasteiger partial charge on any atom is -0.377 e. The fourth-order valence-electron chi connectivity index (χ4n) is 4.32. The molecule has 0 radical (unpaired) electrons. The smallest absolute Gasteiger partial charge is 0.117 e. The number of hydrogen-bond acceptors (Lipinski definition) is 4. The molecule has 0 amide bonds. The first kappa shape index (κ1) is 16.4. The van der Waals surface area contributed by atoms with Gasteiger partial charge in [0.1, 0.15) is 5.60 Å². The van der Waals surface area contributed by atoms with Gasteiger partial charge in [0.15, 0.2) is 0 Å². The normalized spacial score (nSPS) is 32.9. The van der Waals surface area contributed by atoms with Crippen LogP contribution < -0.4 is 0 Å². The van der Waals surface area contributed by atoms with Gasteiger partial charge >= 0.3 is 0 Å². The summed E-state index contributed by atoms with van der Waals surface area (Å²) in [4.78, 5) is 5.06. The molecule has 126 valence electrons. The van der Waals surface area contributed by atoms with Crippen LogP contribution in [-0.4, -0.2) is 74.5 Å². The molecule has 1 saturated carbocycles. The Morgan fingerprint density at radius 3 is 2.64 bits per heavy atom. The van der Waals surface area contributed by atoms with Crippen LogP contribution in [0.5, 0.6) is 0 Å². The van der Waals surface area contributed by atoms with E-state index in [1.165, 1.54) is 38.6 Å². The summed E-state index contributed by atoms with van der Waals surface area (Å²) in [6, 6.07) is 0. The Bertz CT molecular complexity index is 357. The van der Waals surface area contributed by atoms with Crippen molar-refractivity contribution in [2.24, 2.45) is 5.92 Å². The summed E-state index contributed by atoms with van der Waals surface area (Å²) in [7, 11) is 0. The van der Waals surface area contributed by atoms with E-state index in [2.05, 4.69) is 16.4 Å². The molecule has 0 aromatic heterocycles. The number of nitrogens with zero attached hydrogens (tertiary/aromatic N) is 2. The van der Waals surface area contributed by atoms with Crippen molar-refractivity contribution in [1.29, 1.82) is 0 Å². The summed E-state index contributed by atoms with van der Waals surface area (Å²) in [6.07, 6.45) is 9.12. The van der Waals surface area contributed by atoms with Crippen LogP contribution in [0.15, 0.2) is 12.7 Å². The highest BCUT2D eigenvalue weighted by Crippen LogP contribution is 2.27. The molecule has 2 aliphatic heterocycles. The van der Waals surface area contributed by atoms with E-state index in [1.54, 1.807) is 0 Å². The third-order valence-corrected chi connectivity index (χ3v) is 5.38. The predicted molar refractivity (Wildman–Crippen MR) is 89.2 cm³/mol. The van der Waals surface area contributed by atoms with Crippen LogP contribution in [-0.2, 0) is 9.47 Å². The first-order valence-corrected chi connectivity index (χ1v) is 9.07. The van der Waals surface area contributed by atoms with Gasteiger partial charge in [0, 0.05) is 39.3 Å². The van der Waals surface area contributed by atoms with Gasteiger partial charge in [0.05, 0.1) is 19.8 Å². The Labute approximate surface area is 135 Å². The van der Waals surface area contributed by atoms with E-state index in [9.17, 15) is 0 Å². The van der Waals surface area contributed by atoms with Crippen molar-refractivity contribution < 1.29 is 9.47 Å². The van der Waals surface area contributed by atoms with E-state index in [0.29, 0.717) is 0 Å². The SMILES string of the molecule is C=CCN1CCOCC2(C1)CN(CC1CCCCC1)CCO2. The van der Waals surface area contributed by atoms with E-state index < -0.39 is 0 Å². The second kappa shape index (κ2) is 7.91. The third-order valence-electron chi connectivity index (χ3n) is 5.38. The van der Waals surface area contributed by atoms with Crippen molar-refractivity contribution in [2.75, 3.05) is 59.1 Å². The predicted octanol–water partition coefficient (Wildman–Crippen LogP) is 2.16. The van der Waals surface area contributed by atoms with Crippen molar-refractivity contribution in [3.8, 4) is 0 Å². The van der Waals surface area contributed by atoms with Gasteiger partial charge in [-0.2, -0.15) is 0 Å². The molecule has 3 aliphatic rings. The summed E-state index contributed by atoms with van der Waals surface area (Å²) in [5, 5.41) is 0. The highest BCUT2D eigenvalue weighted by molar-refractivity contribution is 4.94. The number of ether oxygens (including phenoxy) is 2. The second-order valence-corrected chi connectivity index (χ2v) is 7.35. The lowest BCUT2D eigenvalue weighted by molar-refractivity contribution is -0.143. The molecule has 2 heterocycles. The summed E-state index contributed by atoms with van der Waals surface area (Å²) in [5.74, 6) is 0.903. The molecule has 0 N–H and O–H groups in total. The van der Waals surface area contributed by atoms with Gasteiger partial charge in [-0.15, -0.1) is 6.58 Å². The maximum atomic E-state index is 6.24. The average Bonchev–Trinajstić information content (AvgIpc) is 2.71. The third kappa shape index (κ3) is 4.31. The van der Waals surface area contributed by atoms with Crippen molar-refractivity contribution in [1.82, 2.24) is 9.80 Å². The van der Waals surface area contributed by atoms with Crippen LogP contribution in [0.2, 0.25) is 0 Å². The maximum absolute atomic E-state index is 6.24. The van der Waals surface area contributed by atoms with Crippen molar-refractivity contribution in [2.45, 2.75) is 37.7 Å². The molecule has 2 saturated heterocycles. The topological polar surface area (TPSA) is 24.9 Å². The molecule has 0 bridgehead atoms. The van der Waals surface area contributed by atoms with Crippen LogP contribution in [0, 0.1) is 5.92 Å². The molecule has 0 aromatic carbocycles. The summed E-state index contributed by atoms with van der Waals surface area (Å²) < 4.78 is 12.1. The molecular formula is C18H32N2O2. The van der Waals surface area contributed by atoms with E-state index in [0.717, 1.165) is 58.5 Å². The second-order valence-electron chi connectivity index (χ2n) is 7.35. The Morgan fingerprint density at radius 2 is 1.82 bits per heavy atom. The first-order chi connectivity index (χ1) is 10.8. The lowest BCUT2D eigenvalue weighted by Gasteiger charge is -2.44. The van der Waals surface area contributed by atoms with Crippen LogP contribution in [0.25, 0.3) is 0 Å². The minimum atomic E-state index is -0.133. The Hall–Kier alpha value is -0.420. The fraction of sp³-hybridized carbons (Fsp3) is 0.889. The van der Waals surface area contributed by atoms with E-state index in [1.807, 2.05) is 6.08 Å². The lowest BCUT2D eigenvalue weighted by Crippen LogP contribution is -2.59. The number of rotatable bonds is 4. The molecule has 1 unspecified atom stereocenters. The highest BCUT2D eigenvalue weighted by atomic mass is 16.5. The monoisotopic (exact) mass is 308 g/mol. The van der Waals surface area contributed by atoms with Crippen molar-refractivity contribution in [3.05, 3.63) is 12.7 Å². The molecular weight excluding hydrogens is 276 g/mol. The van der Waals surface area contributed by atoms with Gasteiger partial charge in [-0.25, -0.2) is 0 Å². The van der Waals surface area contributed by atoms with Gasteiger partial charge in [-0.05, 0) is 18.8 Å². The zero-order valence-corrected chi connectivity index (χ0v) is 14.0. The van der Waals surface area contributed by atoms with Gasteiger partial charge < -0.3 is 9.47 Å². The minimum absolute atomic E-state index is 0.133. The molecule has 1 spiro atoms. The summed E-state index contributed by atoms with van der Waals surface area (Å²) in [6.45, 7) is 12.5. The fourth-order valence-corrected chi connectivity index (χ4v) is 4.32. The summed E-state index contributed by atoms with van der Waals surface area (Å²) >= 11 is 0. The Balaban J connectivity index is 1.58. The number of hydrogen-bond donors (Lipinski definition) is 0. The molecule has 22 heavy (non-hydrogen) atoms. The molecule has 1 aliphatic carbocycles. The van der Waals surface area contributed by atoms with Crippen molar-refractivity contribution in [3.63, 3.8) is 0 Å². The molecule has 3 rings (SSSR count). The molecule has 3 fully saturated rings. The lowest BCUT2D eigenvalue weighted by atomic mass is 9.88. The molecule has 1 atom stereocenters. The standard InChI is InChI=1S/C18H32N2O2/c1-2-8-19-9-11-21-16-18(14-19)15-20(10-12-22-18)13-17-6-4-3-5-7-17/h2,17H,1,3-16H2. The molecule has 4 nitrogen and oxygen atoms in total. The maximum Gasteiger partial charge on any atom is 0.117 e. The zero-order chi connectivity index (χ0) is 15.3. The Kier molecular flexibility index (Phi) is 5.91. The largest absolute Gasteiger partial charge is 0.377 e. The summed E-state index contributed by atoms with van der Waals surface area (Å²) in [5.41, 5.74) is -0.133.